The fraction of sp³-hybridized carbons (Fsp3) is 0.562. The zero-order chi connectivity index (χ0) is 16.9. The van der Waals surface area contributed by atoms with Crippen molar-refractivity contribution in [1.29, 1.82) is 0 Å². The van der Waals surface area contributed by atoms with Crippen LogP contribution in [-0.4, -0.2) is 50.6 Å². The van der Waals surface area contributed by atoms with Gasteiger partial charge in [-0.3, -0.25) is 0 Å². The molecule has 2 rings (SSSR count). The maximum absolute atomic E-state index is 12.6. The molecule has 2 amide bonds. The van der Waals surface area contributed by atoms with E-state index >= 15 is 0 Å². The van der Waals surface area contributed by atoms with Crippen LogP contribution in [0.3, 0.4) is 0 Å². The van der Waals surface area contributed by atoms with E-state index in [0.29, 0.717) is 24.4 Å². The third-order valence-electron chi connectivity index (χ3n) is 4.01. The largest absolute Gasteiger partial charge is 0.495 e. The second-order valence-electron chi connectivity index (χ2n) is 5.73. The van der Waals surface area contributed by atoms with Crippen molar-refractivity contribution in [2.45, 2.75) is 32.2 Å². The number of nitrogens with one attached hydrogen (secondary N) is 1. The Labute approximate surface area is 137 Å². The number of methoxy groups -OCH3 is 1. The first-order valence-electron chi connectivity index (χ1n) is 7.88. The van der Waals surface area contributed by atoms with Gasteiger partial charge >= 0.3 is 6.03 Å². The van der Waals surface area contributed by atoms with Crippen LogP contribution in [0, 0.1) is 0 Å². The molecule has 0 saturated carbocycles. The average molecular weight is 340 g/mol. The predicted octanol–water partition coefficient (Wildman–Crippen LogP) is 2.52. The van der Waals surface area contributed by atoms with Crippen molar-refractivity contribution in [3.63, 3.8) is 0 Å². The summed E-state index contributed by atoms with van der Waals surface area (Å²) >= 11 is 0. The molecule has 1 saturated heterocycles. The van der Waals surface area contributed by atoms with Crippen LogP contribution < -0.4 is 10.1 Å². The third-order valence-corrected chi connectivity index (χ3v) is 5.76. The lowest BCUT2D eigenvalue weighted by Crippen LogP contribution is -2.44. The molecule has 0 radical (unpaired) electrons. The van der Waals surface area contributed by atoms with Gasteiger partial charge in [0.05, 0.1) is 24.3 Å². The van der Waals surface area contributed by atoms with Crippen molar-refractivity contribution in [2.75, 3.05) is 30.5 Å². The first kappa shape index (κ1) is 17.6. The van der Waals surface area contributed by atoms with Crippen molar-refractivity contribution < 1.29 is 17.9 Å². The highest BCUT2D eigenvalue weighted by Crippen LogP contribution is 2.25. The SMILES string of the molecule is CCCCN(C(=O)Nc1ccccc1OC)C1CCS(=O)(=O)C1. The molecule has 1 aromatic carbocycles. The molecule has 128 valence electrons. The average Bonchev–Trinajstić information content (AvgIpc) is 2.88. The van der Waals surface area contributed by atoms with Gasteiger partial charge in [-0.25, -0.2) is 13.2 Å². The summed E-state index contributed by atoms with van der Waals surface area (Å²) in [4.78, 5) is 14.3. The van der Waals surface area contributed by atoms with Crippen LogP contribution in [0.1, 0.15) is 26.2 Å². The van der Waals surface area contributed by atoms with Gasteiger partial charge in [0.2, 0.25) is 0 Å². The van der Waals surface area contributed by atoms with E-state index in [9.17, 15) is 13.2 Å². The van der Waals surface area contributed by atoms with Gasteiger partial charge in [-0.15, -0.1) is 0 Å². The molecule has 1 aliphatic rings. The number of carbonyl (C=O) groups is 1. The van der Waals surface area contributed by atoms with Crippen LogP contribution in [0.4, 0.5) is 10.5 Å². The molecular formula is C16H24N2O4S. The van der Waals surface area contributed by atoms with Crippen LogP contribution in [-0.2, 0) is 9.84 Å². The number of hydrogen-bond acceptors (Lipinski definition) is 4. The number of urea groups is 1. The van der Waals surface area contributed by atoms with E-state index in [1.54, 1.807) is 24.1 Å². The zero-order valence-electron chi connectivity index (χ0n) is 13.6. The minimum atomic E-state index is -3.03. The molecule has 1 atom stereocenters. The highest BCUT2D eigenvalue weighted by atomic mass is 32.2. The van der Waals surface area contributed by atoms with Gasteiger partial charge in [-0.1, -0.05) is 25.5 Å². The van der Waals surface area contributed by atoms with E-state index < -0.39 is 9.84 Å². The number of unbranched alkanes of at least 4 members (excludes halogenated alkanes) is 1. The Bertz CT molecular complexity index is 645. The third kappa shape index (κ3) is 4.60. The number of para-hydroxylation sites is 2. The summed E-state index contributed by atoms with van der Waals surface area (Å²) in [6.07, 6.45) is 2.29. The fourth-order valence-electron chi connectivity index (χ4n) is 2.73. The Hall–Kier alpha value is -1.76. The Balaban J connectivity index is 2.13. The van der Waals surface area contributed by atoms with E-state index in [1.165, 1.54) is 0 Å². The molecule has 1 unspecified atom stereocenters. The molecule has 23 heavy (non-hydrogen) atoms. The quantitative estimate of drug-likeness (QED) is 0.863. The van der Waals surface area contributed by atoms with Gasteiger partial charge in [-0.05, 0) is 25.0 Å². The number of nitrogens with zero attached hydrogens (tertiary/aromatic N) is 1. The maximum Gasteiger partial charge on any atom is 0.322 e. The van der Waals surface area contributed by atoms with E-state index in [0.717, 1.165) is 12.8 Å². The highest BCUT2D eigenvalue weighted by molar-refractivity contribution is 7.91. The molecular weight excluding hydrogens is 316 g/mol. The maximum atomic E-state index is 12.6. The zero-order valence-corrected chi connectivity index (χ0v) is 14.4. The lowest BCUT2D eigenvalue weighted by atomic mass is 10.2. The van der Waals surface area contributed by atoms with Gasteiger partial charge in [0.15, 0.2) is 9.84 Å². The molecule has 0 aliphatic carbocycles. The number of ether oxygens (including phenoxy) is 1. The Morgan fingerprint density at radius 3 is 2.74 bits per heavy atom. The second-order valence-corrected chi connectivity index (χ2v) is 7.96. The summed E-state index contributed by atoms with van der Waals surface area (Å²) in [6.45, 7) is 2.60. The highest BCUT2D eigenvalue weighted by Gasteiger charge is 2.34. The lowest BCUT2D eigenvalue weighted by Gasteiger charge is -2.28. The number of anilines is 1. The summed E-state index contributed by atoms with van der Waals surface area (Å²) < 4.78 is 28.7. The second kappa shape index (κ2) is 7.68. The minimum absolute atomic E-state index is 0.0516. The van der Waals surface area contributed by atoms with Crippen LogP contribution >= 0.6 is 0 Å². The van der Waals surface area contributed by atoms with Crippen molar-refractivity contribution in [3.05, 3.63) is 24.3 Å². The number of rotatable bonds is 6. The normalized spacial score (nSPS) is 19.3. The number of benzene rings is 1. The standard InChI is InChI=1S/C16H24N2O4S/c1-3-4-10-18(13-9-11-23(20,21)12-13)16(19)17-14-7-5-6-8-15(14)22-2/h5-8,13H,3-4,9-12H2,1-2H3,(H,17,19). The van der Waals surface area contributed by atoms with Gasteiger partial charge < -0.3 is 15.0 Å². The van der Waals surface area contributed by atoms with E-state index in [1.807, 2.05) is 19.1 Å². The number of amides is 2. The van der Waals surface area contributed by atoms with Crippen molar-refractivity contribution in [1.82, 2.24) is 4.90 Å². The van der Waals surface area contributed by atoms with Crippen molar-refractivity contribution in [2.24, 2.45) is 0 Å². The number of carbonyl (C=O) groups excluding carboxylic acids is 1. The van der Waals surface area contributed by atoms with Crippen molar-refractivity contribution >= 4 is 21.6 Å². The smallest absolute Gasteiger partial charge is 0.322 e. The molecule has 6 nitrogen and oxygen atoms in total. The molecule has 0 aromatic heterocycles. The van der Waals surface area contributed by atoms with Gasteiger partial charge in [0.25, 0.3) is 0 Å². The van der Waals surface area contributed by atoms with Crippen LogP contribution in [0.2, 0.25) is 0 Å². The first-order chi connectivity index (χ1) is 11.0. The molecule has 0 spiro atoms. The molecule has 0 bridgehead atoms. The van der Waals surface area contributed by atoms with E-state index in [-0.39, 0.29) is 23.6 Å². The monoisotopic (exact) mass is 340 g/mol. The van der Waals surface area contributed by atoms with Gasteiger partial charge in [0, 0.05) is 12.6 Å². The molecule has 1 fully saturated rings. The molecule has 1 N–H and O–H groups in total. The Morgan fingerprint density at radius 2 is 2.13 bits per heavy atom. The van der Waals surface area contributed by atoms with Crippen LogP contribution in [0.25, 0.3) is 0 Å². The molecule has 7 heteroatoms. The summed E-state index contributed by atoms with van der Waals surface area (Å²) in [5, 5.41) is 2.84. The fourth-order valence-corrected chi connectivity index (χ4v) is 4.47. The van der Waals surface area contributed by atoms with Gasteiger partial charge in [-0.2, -0.15) is 0 Å². The summed E-state index contributed by atoms with van der Waals surface area (Å²) in [5.74, 6) is 0.786. The van der Waals surface area contributed by atoms with Crippen LogP contribution in [0.15, 0.2) is 24.3 Å². The number of hydrogen-bond donors (Lipinski definition) is 1. The summed E-state index contributed by atoms with van der Waals surface area (Å²) in [7, 11) is -1.49. The summed E-state index contributed by atoms with van der Waals surface area (Å²) in [5.41, 5.74) is 0.586. The predicted molar refractivity (Wildman–Crippen MR) is 90.7 cm³/mol. The van der Waals surface area contributed by atoms with E-state index in [4.69, 9.17) is 4.74 Å². The molecule has 1 aromatic rings. The summed E-state index contributed by atoms with van der Waals surface area (Å²) in [6, 6.07) is 6.65. The van der Waals surface area contributed by atoms with Crippen LogP contribution in [0.5, 0.6) is 5.75 Å². The topological polar surface area (TPSA) is 75.7 Å². The Kier molecular flexibility index (Phi) is 5.87. The molecule has 1 heterocycles. The van der Waals surface area contributed by atoms with E-state index in [2.05, 4.69) is 5.32 Å². The van der Waals surface area contributed by atoms with Crippen molar-refractivity contribution in [3.8, 4) is 5.75 Å². The van der Waals surface area contributed by atoms with Gasteiger partial charge in [0.1, 0.15) is 5.75 Å². The molecule has 1 aliphatic heterocycles. The first-order valence-corrected chi connectivity index (χ1v) is 9.70. The Morgan fingerprint density at radius 1 is 1.39 bits per heavy atom. The lowest BCUT2D eigenvalue weighted by molar-refractivity contribution is 0.192. The number of sulfone groups is 1. The minimum Gasteiger partial charge on any atom is -0.495 e.